The van der Waals surface area contributed by atoms with Crippen LogP contribution in [0.1, 0.15) is 34.1 Å². The highest BCUT2D eigenvalue weighted by molar-refractivity contribution is 8.01. The van der Waals surface area contributed by atoms with Crippen molar-refractivity contribution < 1.29 is 0 Å². The largest absolute Gasteiger partial charge is 0.358 e. The molecule has 0 saturated heterocycles. The molecule has 2 N–H and O–H groups in total. The van der Waals surface area contributed by atoms with Crippen LogP contribution in [-0.2, 0) is 0 Å². The number of hydrogen-bond donors (Lipinski definition) is 2. The predicted molar refractivity (Wildman–Crippen MR) is 103 cm³/mol. The zero-order chi connectivity index (χ0) is 16.7. The molecule has 2 aromatic rings. The van der Waals surface area contributed by atoms with Gasteiger partial charge in [0.25, 0.3) is 0 Å². The SMILES string of the molecule is CC(C)Nc1nnc(SCCCSc2nnc(NC(C)C)s2)s1. The molecule has 23 heavy (non-hydrogen) atoms. The monoisotopic (exact) mass is 390 g/mol. The van der Waals surface area contributed by atoms with Crippen LogP contribution in [0.5, 0.6) is 0 Å². The predicted octanol–water partition coefficient (Wildman–Crippen LogP) is 4.30. The van der Waals surface area contributed by atoms with Crippen molar-refractivity contribution in [2.45, 2.75) is 54.9 Å². The Labute approximate surface area is 153 Å². The van der Waals surface area contributed by atoms with Crippen LogP contribution in [0.15, 0.2) is 8.68 Å². The average Bonchev–Trinajstić information content (AvgIpc) is 3.07. The van der Waals surface area contributed by atoms with Crippen molar-refractivity contribution in [3.05, 3.63) is 0 Å². The molecule has 0 atom stereocenters. The summed E-state index contributed by atoms with van der Waals surface area (Å²) in [5.74, 6) is 2.08. The van der Waals surface area contributed by atoms with Gasteiger partial charge < -0.3 is 10.6 Å². The third kappa shape index (κ3) is 7.23. The molecule has 0 aliphatic carbocycles. The number of nitrogens with zero attached hydrogens (tertiary/aromatic N) is 4. The Balaban J connectivity index is 1.62. The minimum atomic E-state index is 0.388. The van der Waals surface area contributed by atoms with E-state index in [1.807, 2.05) is 0 Å². The lowest BCUT2D eigenvalue weighted by Gasteiger charge is -2.03. The zero-order valence-electron chi connectivity index (χ0n) is 13.7. The third-order valence-corrected chi connectivity index (χ3v) is 6.53. The van der Waals surface area contributed by atoms with Crippen LogP contribution in [0.4, 0.5) is 10.3 Å². The summed E-state index contributed by atoms with van der Waals surface area (Å²) >= 11 is 6.77. The molecule has 0 fully saturated rings. The first kappa shape index (κ1) is 18.8. The highest BCUT2D eigenvalue weighted by Crippen LogP contribution is 2.29. The van der Waals surface area contributed by atoms with E-state index in [0.29, 0.717) is 12.1 Å². The molecule has 128 valence electrons. The van der Waals surface area contributed by atoms with Crippen molar-refractivity contribution in [3.8, 4) is 0 Å². The fourth-order valence-corrected chi connectivity index (χ4v) is 5.52. The average molecular weight is 391 g/mol. The molecule has 10 heteroatoms. The van der Waals surface area contributed by atoms with Gasteiger partial charge in [0.15, 0.2) is 8.68 Å². The van der Waals surface area contributed by atoms with E-state index in [1.54, 1.807) is 46.2 Å². The lowest BCUT2D eigenvalue weighted by molar-refractivity contribution is 0.883. The number of hydrogen-bond acceptors (Lipinski definition) is 10. The van der Waals surface area contributed by atoms with E-state index in [1.165, 1.54) is 0 Å². The Morgan fingerprint density at radius 3 is 1.61 bits per heavy atom. The van der Waals surface area contributed by atoms with Crippen LogP contribution in [0.2, 0.25) is 0 Å². The van der Waals surface area contributed by atoms with Gasteiger partial charge in [-0.15, -0.1) is 20.4 Å². The summed E-state index contributed by atoms with van der Waals surface area (Å²) in [6.45, 7) is 8.39. The summed E-state index contributed by atoms with van der Waals surface area (Å²) in [5, 5.41) is 25.0. The van der Waals surface area contributed by atoms with E-state index in [0.717, 1.165) is 36.9 Å². The van der Waals surface area contributed by atoms with Crippen molar-refractivity contribution in [1.82, 2.24) is 20.4 Å². The van der Waals surface area contributed by atoms with Crippen LogP contribution in [0.3, 0.4) is 0 Å². The molecule has 2 aromatic heterocycles. The van der Waals surface area contributed by atoms with Crippen molar-refractivity contribution in [2.24, 2.45) is 0 Å². The second kappa shape index (κ2) is 9.65. The number of aromatic nitrogens is 4. The molecular weight excluding hydrogens is 368 g/mol. The fraction of sp³-hybridized carbons (Fsp3) is 0.692. The van der Waals surface area contributed by atoms with Crippen molar-refractivity contribution >= 4 is 56.5 Å². The van der Waals surface area contributed by atoms with Crippen molar-refractivity contribution in [1.29, 1.82) is 0 Å². The molecule has 0 aliphatic heterocycles. The van der Waals surface area contributed by atoms with Gasteiger partial charge in [-0.2, -0.15) is 0 Å². The van der Waals surface area contributed by atoms with Crippen LogP contribution in [0.25, 0.3) is 0 Å². The van der Waals surface area contributed by atoms with Crippen molar-refractivity contribution in [3.63, 3.8) is 0 Å². The van der Waals surface area contributed by atoms with Gasteiger partial charge in [-0.25, -0.2) is 0 Å². The summed E-state index contributed by atoms with van der Waals surface area (Å²) in [6.07, 6.45) is 1.11. The lowest BCUT2D eigenvalue weighted by Crippen LogP contribution is -2.08. The summed E-state index contributed by atoms with van der Waals surface area (Å²) in [7, 11) is 0. The molecule has 0 amide bonds. The first-order valence-electron chi connectivity index (χ1n) is 7.48. The van der Waals surface area contributed by atoms with Gasteiger partial charge in [-0.1, -0.05) is 46.2 Å². The first-order valence-corrected chi connectivity index (χ1v) is 11.1. The molecule has 2 rings (SSSR count). The van der Waals surface area contributed by atoms with Gasteiger partial charge in [0.1, 0.15) is 0 Å². The molecule has 0 spiro atoms. The second-order valence-electron chi connectivity index (χ2n) is 5.39. The van der Waals surface area contributed by atoms with Gasteiger partial charge in [0, 0.05) is 23.6 Å². The van der Waals surface area contributed by atoms with E-state index in [4.69, 9.17) is 0 Å². The Kier molecular flexibility index (Phi) is 7.87. The molecule has 2 heterocycles. The summed E-state index contributed by atoms with van der Waals surface area (Å²) in [5.41, 5.74) is 0. The molecule has 0 saturated carbocycles. The molecule has 0 aromatic carbocycles. The summed E-state index contributed by atoms with van der Waals surface area (Å²) < 4.78 is 2.05. The minimum Gasteiger partial charge on any atom is -0.358 e. The minimum absolute atomic E-state index is 0.388. The van der Waals surface area contributed by atoms with Gasteiger partial charge in [-0.05, 0) is 34.1 Å². The zero-order valence-corrected chi connectivity index (χ0v) is 17.0. The van der Waals surface area contributed by atoms with E-state index in [9.17, 15) is 0 Å². The molecular formula is C13H22N6S4. The Morgan fingerprint density at radius 1 is 0.783 bits per heavy atom. The van der Waals surface area contributed by atoms with Crippen LogP contribution < -0.4 is 10.6 Å². The van der Waals surface area contributed by atoms with Crippen LogP contribution >= 0.6 is 46.2 Å². The van der Waals surface area contributed by atoms with E-state index >= 15 is 0 Å². The fourth-order valence-electron chi connectivity index (χ4n) is 1.52. The Hall–Kier alpha value is -0.580. The smallest absolute Gasteiger partial charge is 0.206 e. The first-order chi connectivity index (χ1) is 11.0. The molecule has 6 nitrogen and oxygen atoms in total. The van der Waals surface area contributed by atoms with Crippen LogP contribution in [-0.4, -0.2) is 44.0 Å². The number of anilines is 2. The molecule has 0 bridgehead atoms. The summed E-state index contributed by atoms with van der Waals surface area (Å²) in [4.78, 5) is 0. The number of rotatable bonds is 10. The highest BCUT2D eigenvalue weighted by Gasteiger charge is 2.07. The maximum Gasteiger partial charge on any atom is 0.206 e. The van der Waals surface area contributed by atoms with E-state index in [-0.39, 0.29) is 0 Å². The standard InChI is InChI=1S/C13H22N6S4/c1-8(2)14-10-16-18-12(22-10)20-6-5-7-21-13-19-17-11(23-13)15-9(3)4/h8-9H,5-7H2,1-4H3,(H,14,16)(H,15,17). The Bertz CT molecular complexity index is 532. The van der Waals surface area contributed by atoms with Crippen molar-refractivity contribution in [2.75, 3.05) is 22.1 Å². The second-order valence-corrected chi connectivity index (χ2v) is 10.0. The van der Waals surface area contributed by atoms with Gasteiger partial charge in [0.05, 0.1) is 0 Å². The van der Waals surface area contributed by atoms with Gasteiger partial charge in [0.2, 0.25) is 10.3 Å². The highest BCUT2D eigenvalue weighted by atomic mass is 32.2. The van der Waals surface area contributed by atoms with Crippen LogP contribution in [0, 0.1) is 0 Å². The quantitative estimate of drug-likeness (QED) is 0.459. The van der Waals surface area contributed by atoms with Gasteiger partial charge in [-0.3, -0.25) is 0 Å². The van der Waals surface area contributed by atoms with Gasteiger partial charge >= 0.3 is 0 Å². The topological polar surface area (TPSA) is 75.6 Å². The third-order valence-electron chi connectivity index (χ3n) is 2.38. The normalized spacial score (nSPS) is 11.4. The lowest BCUT2D eigenvalue weighted by atomic mass is 10.4. The maximum absolute atomic E-state index is 4.19. The Morgan fingerprint density at radius 2 is 1.22 bits per heavy atom. The number of nitrogens with one attached hydrogen (secondary N) is 2. The molecule has 0 unspecified atom stereocenters. The van der Waals surface area contributed by atoms with E-state index < -0.39 is 0 Å². The molecule has 0 aliphatic rings. The van der Waals surface area contributed by atoms with E-state index in [2.05, 4.69) is 58.7 Å². The summed E-state index contributed by atoms with van der Waals surface area (Å²) in [6, 6.07) is 0.776. The maximum atomic E-state index is 4.19. The number of thioether (sulfide) groups is 2. The molecule has 0 radical (unpaired) electrons.